The van der Waals surface area contributed by atoms with Gasteiger partial charge in [-0.1, -0.05) is 18.2 Å². The summed E-state index contributed by atoms with van der Waals surface area (Å²) >= 11 is 0. The zero-order valence-electron chi connectivity index (χ0n) is 15.8. The number of amides is 1. The van der Waals surface area contributed by atoms with Gasteiger partial charge in [0.2, 0.25) is 5.91 Å². The summed E-state index contributed by atoms with van der Waals surface area (Å²) in [5.41, 5.74) is 1.10. The number of guanidine groups is 1. The highest BCUT2D eigenvalue weighted by Gasteiger charge is 2.24. The molecule has 2 aliphatic rings. The molecule has 2 fully saturated rings. The van der Waals surface area contributed by atoms with Crippen molar-refractivity contribution in [3.63, 3.8) is 0 Å². The summed E-state index contributed by atoms with van der Waals surface area (Å²) in [6.45, 7) is 4.94. The van der Waals surface area contributed by atoms with Crippen molar-refractivity contribution >= 4 is 11.9 Å². The minimum absolute atomic E-state index is 0.215. The molecule has 6 nitrogen and oxygen atoms in total. The first kappa shape index (κ1) is 18.5. The summed E-state index contributed by atoms with van der Waals surface area (Å²) in [6, 6.07) is 8.36. The molecule has 1 aliphatic heterocycles. The molecule has 1 atom stereocenters. The molecule has 142 valence electrons. The minimum Gasteiger partial charge on any atom is -0.493 e. The number of likely N-dealkylation sites (N-methyl/N-ethyl adjacent to an activating group) is 1. The van der Waals surface area contributed by atoms with E-state index in [-0.39, 0.29) is 11.9 Å². The maximum absolute atomic E-state index is 11.7. The Morgan fingerprint density at radius 2 is 2.12 bits per heavy atom. The van der Waals surface area contributed by atoms with Crippen LogP contribution < -0.4 is 15.4 Å². The number of aliphatic imine (C=N–C) groups is 1. The Bertz CT molecular complexity index is 642. The smallest absolute Gasteiger partial charge is 0.222 e. The van der Waals surface area contributed by atoms with Gasteiger partial charge in [0.25, 0.3) is 0 Å². The summed E-state index contributed by atoms with van der Waals surface area (Å²) < 4.78 is 5.97. The number of likely N-dealkylation sites (tertiary alicyclic amines) is 1. The molecule has 0 bridgehead atoms. The average Bonchev–Trinajstić information content (AvgIpc) is 3.46. The van der Waals surface area contributed by atoms with E-state index >= 15 is 0 Å². The van der Waals surface area contributed by atoms with Crippen LogP contribution in [0.2, 0.25) is 0 Å². The number of rotatable bonds is 7. The van der Waals surface area contributed by atoms with Crippen LogP contribution in [0, 0.1) is 5.92 Å². The van der Waals surface area contributed by atoms with E-state index < -0.39 is 0 Å². The maximum Gasteiger partial charge on any atom is 0.222 e. The van der Waals surface area contributed by atoms with Crippen molar-refractivity contribution in [1.29, 1.82) is 0 Å². The highest BCUT2D eigenvalue weighted by Crippen LogP contribution is 2.30. The van der Waals surface area contributed by atoms with Crippen LogP contribution in [0.4, 0.5) is 0 Å². The fourth-order valence-corrected chi connectivity index (χ4v) is 3.08. The molecule has 0 aromatic heterocycles. The highest BCUT2D eigenvalue weighted by molar-refractivity contribution is 5.81. The van der Waals surface area contributed by atoms with E-state index in [0.717, 1.165) is 42.8 Å². The topological polar surface area (TPSA) is 66.0 Å². The summed E-state index contributed by atoms with van der Waals surface area (Å²) in [5, 5.41) is 6.76. The first-order valence-corrected chi connectivity index (χ1v) is 9.65. The second kappa shape index (κ2) is 8.92. The molecule has 1 aromatic rings. The van der Waals surface area contributed by atoms with E-state index in [1.54, 1.807) is 4.90 Å². The van der Waals surface area contributed by atoms with E-state index in [1.165, 1.54) is 12.8 Å². The largest absolute Gasteiger partial charge is 0.493 e. The molecule has 26 heavy (non-hydrogen) atoms. The minimum atomic E-state index is 0.215. The number of nitrogens with one attached hydrogen (secondary N) is 2. The molecule has 1 unspecified atom stereocenters. The number of hydrogen-bond acceptors (Lipinski definition) is 3. The lowest BCUT2D eigenvalue weighted by atomic mass is 10.1. The Morgan fingerprint density at radius 1 is 1.31 bits per heavy atom. The van der Waals surface area contributed by atoms with Crippen molar-refractivity contribution in [2.75, 3.05) is 26.7 Å². The van der Waals surface area contributed by atoms with Gasteiger partial charge in [0, 0.05) is 38.2 Å². The van der Waals surface area contributed by atoms with Crippen molar-refractivity contribution < 1.29 is 9.53 Å². The van der Waals surface area contributed by atoms with Crippen molar-refractivity contribution in [3.8, 4) is 5.75 Å². The monoisotopic (exact) mass is 358 g/mol. The Balaban J connectivity index is 1.60. The molecule has 2 N–H and O–H groups in total. The fraction of sp³-hybridized carbons (Fsp3) is 0.600. The molecule has 1 aliphatic carbocycles. The van der Waals surface area contributed by atoms with Crippen LogP contribution in [0.3, 0.4) is 0 Å². The van der Waals surface area contributed by atoms with Gasteiger partial charge < -0.3 is 20.3 Å². The number of carbonyl (C=O) groups excluding carboxylic acids is 1. The quantitative estimate of drug-likeness (QED) is 0.579. The molecule has 6 heteroatoms. The standard InChI is InChI=1S/C20H30N4O2/c1-3-21-20(23-17-10-11-19(25)24(2)13-17)22-12-16-6-4-5-7-18(16)26-14-15-8-9-15/h4-7,15,17H,3,8-14H2,1-2H3,(H2,21,22,23). The predicted molar refractivity (Wildman–Crippen MR) is 103 cm³/mol. The SMILES string of the molecule is CCNC(=NCc1ccccc1OCC1CC1)NC1CCC(=O)N(C)C1. The summed E-state index contributed by atoms with van der Waals surface area (Å²) in [4.78, 5) is 18.2. The lowest BCUT2D eigenvalue weighted by molar-refractivity contribution is -0.132. The predicted octanol–water partition coefficient (Wildman–Crippen LogP) is 2.15. The third-order valence-electron chi connectivity index (χ3n) is 4.86. The van der Waals surface area contributed by atoms with E-state index in [1.807, 2.05) is 25.2 Å². The molecule has 0 spiro atoms. The van der Waals surface area contributed by atoms with Gasteiger partial charge in [0.15, 0.2) is 5.96 Å². The first-order valence-electron chi connectivity index (χ1n) is 9.65. The first-order chi connectivity index (χ1) is 12.7. The molecule has 0 radical (unpaired) electrons. The lowest BCUT2D eigenvalue weighted by Gasteiger charge is -2.31. The van der Waals surface area contributed by atoms with E-state index in [9.17, 15) is 4.79 Å². The summed E-state index contributed by atoms with van der Waals surface area (Å²) in [6.07, 6.45) is 4.00. The van der Waals surface area contributed by atoms with Crippen LogP contribution in [0.1, 0.15) is 38.2 Å². The number of carbonyl (C=O) groups is 1. The van der Waals surface area contributed by atoms with Crippen LogP contribution in [-0.2, 0) is 11.3 Å². The van der Waals surface area contributed by atoms with Gasteiger partial charge in [-0.15, -0.1) is 0 Å². The van der Waals surface area contributed by atoms with Crippen LogP contribution in [0.5, 0.6) is 5.75 Å². The van der Waals surface area contributed by atoms with Gasteiger partial charge in [-0.05, 0) is 38.2 Å². The van der Waals surface area contributed by atoms with Gasteiger partial charge in [0.05, 0.1) is 13.2 Å². The second-order valence-corrected chi connectivity index (χ2v) is 7.21. The van der Waals surface area contributed by atoms with Gasteiger partial charge >= 0.3 is 0 Å². The summed E-state index contributed by atoms with van der Waals surface area (Å²) in [7, 11) is 1.85. The Hall–Kier alpha value is -2.24. The van der Waals surface area contributed by atoms with Crippen LogP contribution in [0.25, 0.3) is 0 Å². The van der Waals surface area contributed by atoms with Gasteiger partial charge in [-0.25, -0.2) is 4.99 Å². The number of ether oxygens (including phenoxy) is 1. The Labute approximate surface area is 156 Å². The number of hydrogen-bond donors (Lipinski definition) is 2. The van der Waals surface area contributed by atoms with E-state index in [0.29, 0.717) is 19.5 Å². The molecular formula is C20H30N4O2. The molecular weight excluding hydrogens is 328 g/mol. The Morgan fingerprint density at radius 3 is 2.85 bits per heavy atom. The van der Waals surface area contributed by atoms with E-state index in [4.69, 9.17) is 9.73 Å². The summed E-state index contributed by atoms with van der Waals surface area (Å²) in [5.74, 6) is 2.67. The van der Waals surface area contributed by atoms with Crippen molar-refractivity contribution in [2.24, 2.45) is 10.9 Å². The lowest BCUT2D eigenvalue weighted by Crippen LogP contribution is -2.51. The van der Waals surface area contributed by atoms with Gasteiger partial charge in [-0.3, -0.25) is 4.79 Å². The number of nitrogens with zero attached hydrogens (tertiary/aromatic N) is 2. The zero-order valence-corrected chi connectivity index (χ0v) is 15.8. The fourth-order valence-electron chi connectivity index (χ4n) is 3.08. The normalized spacial score (nSPS) is 20.8. The number of para-hydroxylation sites is 1. The van der Waals surface area contributed by atoms with Crippen molar-refractivity contribution in [3.05, 3.63) is 29.8 Å². The maximum atomic E-state index is 11.7. The van der Waals surface area contributed by atoms with Crippen LogP contribution in [-0.4, -0.2) is 49.6 Å². The third-order valence-corrected chi connectivity index (χ3v) is 4.86. The molecule has 3 rings (SSSR count). The Kier molecular flexibility index (Phi) is 6.36. The molecule has 1 saturated heterocycles. The molecule has 1 aromatic carbocycles. The van der Waals surface area contributed by atoms with Gasteiger partial charge in [-0.2, -0.15) is 0 Å². The van der Waals surface area contributed by atoms with E-state index in [2.05, 4.69) is 23.6 Å². The third kappa shape index (κ3) is 5.38. The molecule has 1 amide bonds. The molecule has 1 heterocycles. The molecule has 1 saturated carbocycles. The van der Waals surface area contributed by atoms with Crippen molar-refractivity contribution in [2.45, 2.75) is 45.2 Å². The number of benzene rings is 1. The van der Waals surface area contributed by atoms with Crippen LogP contribution >= 0.6 is 0 Å². The second-order valence-electron chi connectivity index (χ2n) is 7.21. The average molecular weight is 358 g/mol. The number of piperidine rings is 1. The van der Waals surface area contributed by atoms with Crippen molar-refractivity contribution in [1.82, 2.24) is 15.5 Å². The highest BCUT2D eigenvalue weighted by atomic mass is 16.5. The van der Waals surface area contributed by atoms with Crippen LogP contribution in [0.15, 0.2) is 29.3 Å². The zero-order chi connectivity index (χ0) is 18.4. The van der Waals surface area contributed by atoms with Gasteiger partial charge in [0.1, 0.15) is 5.75 Å².